The average Bonchev–Trinajstić information content (AvgIpc) is 2.67. The van der Waals surface area contributed by atoms with Crippen LogP contribution < -0.4 is 0 Å². The predicted octanol–water partition coefficient (Wildman–Crippen LogP) is 5.26. The molecule has 0 radical (unpaired) electrons. The molecular formula is C21H13ClN2O. The second-order valence-electron chi connectivity index (χ2n) is 5.33. The topological polar surface area (TPSA) is 53.8 Å². The molecule has 0 aliphatic heterocycles. The summed E-state index contributed by atoms with van der Waals surface area (Å²) in [6.45, 7) is 0. The van der Waals surface area contributed by atoms with Gasteiger partial charge in [0.1, 0.15) is 12.4 Å². The van der Waals surface area contributed by atoms with Gasteiger partial charge < -0.3 is 0 Å². The lowest BCUT2D eigenvalue weighted by Gasteiger charge is -2.06. The zero-order chi connectivity index (χ0) is 17.6. The molecule has 0 saturated heterocycles. The van der Waals surface area contributed by atoms with Gasteiger partial charge in [-0.1, -0.05) is 66.2 Å². The molecule has 0 aliphatic rings. The average molecular weight is 345 g/mol. The Morgan fingerprint density at radius 2 is 1.76 bits per heavy atom. The number of rotatable bonds is 4. The van der Waals surface area contributed by atoms with Crippen LogP contribution in [0.4, 0.5) is 0 Å². The predicted molar refractivity (Wildman–Crippen MR) is 100 cm³/mol. The molecule has 25 heavy (non-hydrogen) atoms. The first kappa shape index (κ1) is 16.6. The second-order valence-corrected chi connectivity index (χ2v) is 5.74. The van der Waals surface area contributed by atoms with Crippen LogP contribution in [-0.2, 0) is 0 Å². The molecule has 0 fully saturated rings. The van der Waals surface area contributed by atoms with Gasteiger partial charge in [0.2, 0.25) is 0 Å². The largest absolute Gasteiger partial charge is 0.298 e. The number of nitrogens with zero attached hydrogens (tertiary/aromatic N) is 2. The van der Waals surface area contributed by atoms with Crippen LogP contribution in [0.3, 0.4) is 0 Å². The van der Waals surface area contributed by atoms with Crippen molar-refractivity contribution in [2.24, 2.45) is 0 Å². The summed E-state index contributed by atoms with van der Waals surface area (Å²) in [5.74, 6) is 0. The molecule has 0 amide bonds. The number of aldehydes is 1. The van der Waals surface area contributed by atoms with Crippen molar-refractivity contribution < 1.29 is 4.79 Å². The number of hydrogen-bond donors (Lipinski definition) is 0. The fraction of sp³-hybridized carbons (Fsp3) is 0. The van der Waals surface area contributed by atoms with E-state index in [1.165, 1.54) is 0 Å². The molecule has 1 heterocycles. The zero-order valence-electron chi connectivity index (χ0n) is 13.2. The number of pyridine rings is 1. The molecular weight excluding hydrogens is 332 g/mol. The number of aromatic nitrogens is 1. The molecule has 3 rings (SSSR count). The lowest BCUT2D eigenvalue weighted by atomic mass is 10.0. The van der Waals surface area contributed by atoms with E-state index in [4.69, 9.17) is 11.6 Å². The van der Waals surface area contributed by atoms with Crippen LogP contribution >= 0.6 is 11.6 Å². The monoisotopic (exact) mass is 344 g/mol. The van der Waals surface area contributed by atoms with Gasteiger partial charge in [0.15, 0.2) is 0 Å². The summed E-state index contributed by atoms with van der Waals surface area (Å²) in [6.07, 6.45) is 6.08. The van der Waals surface area contributed by atoms with Crippen LogP contribution in [0.2, 0.25) is 5.02 Å². The van der Waals surface area contributed by atoms with Crippen molar-refractivity contribution in [3.8, 4) is 17.3 Å². The Kier molecular flexibility index (Phi) is 5.03. The van der Waals surface area contributed by atoms with E-state index >= 15 is 0 Å². The van der Waals surface area contributed by atoms with E-state index in [1.807, 2.05) is 42.5 Å². The second kappa shape index (κ2) is 7.57. The van der Waals surface area contributed by atoms with Crippen LogP contribution in [0.5, 0.6) is 0 Å². The highest BCUT2D eigenvalue weighted by Crippen LogP contribution is 2.25. The molecule has 0 unspecified atom stereocenters. The maximum absolute atomic E-state index is 10.8. The van der Waals surface area contributed by atoms with Crippen LogP contribution in [0, 0.1) is 11.3 Å². The molecule has 0 N–H and O–H groups in total. The van der Waals surface area contributed by atoms with E-state index in [2.05, 4.69) is 11.1 Å². The smallest absolute Gasteiger partial charge is 0.150 e. The summed E-state index contributed by atoms with van der Waals surface area (Å²) >= 11 is 6.19. The molecule has 0 atom stereocenters. The molecule has 4 heteroatoms. The lowest BCUT2D eigenvalue weighted by Crippen LogP contribution is -1.92. The number of benzene rings is 2. The Hall–Kier alpha value is -3.22. The first-order chi connectivity index (χ1) is 12.2. The summed E-state index contributed by atoms with van der Waals surface area (Å²) < 4.78 is 0. The van der Waals surface area contributed by atoms with E-state index in [0.29, 0.717) is 21.8 Å². The maximum Gasteiger partial charge on any atom is 0.150 e. The highest BCUT2D eigenvalue weighted by atomic mass is 35.5. The van der Waals surface area contributed by atoms with Crippen LogP contribution in [0.15, 0.2) is 60.8 Å². The van der Waals surface area contributed by atoms with Crippen molar-refractivity contribution in [1.82, 2.24) is 4.98 Å². The molecule has 0 spiro atoms. The third-order valence-corrected chi connectivity index (χ3v) is 4.07. The number of carbonyl (C=O) groups is 1. The van der Waals surface area contributed by atoms with Gasteiger partial charge in [0.05, 0.1) is 11.3 Å². The number of carbonyl (C=O) groups excluding carboxylic acids is 1. The summed E-state index contributed by atoms with van der Waals surface area (Å²) in [6, 6.07) is 18.7. The van der Waals surface area contributed by atoms with E-state index in [9.17, 15) is 10.1 Å². The van der Waals surface area contributed by atoms with E-state index in [-0.39, 0.29) is 0 Å². The molecule has 3 nitrogen and oxygen atoms in total. The van der Waals surface area contributed by atoms with Gasteiger partial charge in [-0.3, -0.25) is 9.78 Å². The fourth-order valence-electron chi connectivity index (χ4n) is 2.48. The van der Waals surface area contributed by atoms with Crippen molar-refractivity contribution in [2.75, 3.05) is 0 Å². The summed E-state index contributed by atoms with van der Waals surface area (Å²) in [7, 11) is 0. The van der Waals surface area contributed by atoms with Gasteiger partial charge in [0.25, 0.3) is 0 Å². The number of hydrogen-bond acceptors (Lipinski definition) is 3. The highest BCUT2D eigenvalue weighted by Gasteiger charge is 2.09. The Morgan fingerprint density at radius 3 is 2.44 bits per heavy atom. The first-order valence-corrected chi connectivity index (χ1v) is 7.98. The van der Waals surface area contributed by atoms with Crippen molar-refractivity contribution in [3.05, 3.63) is 88.1 Å². The third kappa shape index (κ3) is 3.65. The fourth-order valence-corrected chi connectivity index (χ4v) is 2.73. The minimum Gasteiger partial charge on any atom is -0.298 e. The Morgan fingerprint density at radius 1 is 1.00 bits per heavy atom. The normalized spacial score (nSPS) is 10.6. The summed E-state index contributed by atoms with van der Waals surface area (Å²) in [4.78, 5) is 15.1. The zero-order valence-corrected chi connectivity index (χ0v) is 13.9. The van der Waals surface area contributed by atoms with Gasteiger partial charge in [-0.25, -0.2) is 0 Å². The van der Waals surface area contributed by atoms with Gasteiger partial charge >= 0.3 is 0 Å². The van der Waals surface area contributed by atoms with Crippen molar-refractivity contribution in [3.63, 3.8) is 0 Å². The van der Waals surface area contributed by atoms with Crippen molar-refractivity contribution in [1.29, 1.82) is 5.26 Å². The lowest BCUT2D eigenvalue weighted by molar-refractivity contribution is 0.112. The first-order valence-electron chi connectivity index (χ1n) is 7.60. The molecule has 1 aromatic heterocycles. The maximum atomic E-state index is 10.8. The van der Waals surface area contributed by atoms with Gasteiger partial charge in [-0.15, -0.1) is 0 Å². The number of nitriles is 1. The molecule has 0 bridgehead atoms. The Labute approximate surface area is 150 Å². The Balaban J connectivity index is 2.01. The summed E-state index contributed by atoms with van der Waals surface area (Å²) in [5, 5.41) is 10.1. The molecule has 120 valence electrons. The van der Waals surface area contributed by atoms with Crippen molar-refractivity contribution >= 4 is 30.0 Å². The molecule has 0 saturated carbocycles. The highest BCUT2D eigenvalue weighted by molar-refractivity contribution is 6.32. The standard InChI is InChI=1S/C21H13ClN2O/c22-20-12-15(14-25)6-7-17(20)9-8-16-10-11-24-21(19(16)13-23)18-4-2-1-3-5-18/h1-12,14H/b9-8+. The molecule has 0 aliphatic carbocycles. The minimum absolute atomic E-state index is 0.483. The van der Waals surface area contributed by atoms with E-state index in [0.717, 1.165) is 23.0 Å². The van der Waals surface area contributed by atoms with Crippen LogP contribution in [0.25, 0.3) is 23.4 Å². The quantitative estimate of drug-likeness (QED) is 0.607. The Bertz CT molecular complexity index is 989. The molecule has 3 aromatic rings. The van der Waals surface area contributed by atoms with E-state index in [1.54, 1.807) is 30.5 Å². The van der Waals surface area contributed by atoms with Crippen molar-refractivity contribution in [2.45, 2.75) is 0 Å². The SMILES string of the molecule is N#Cc1c(/C=C/c2ccc(C=O)cc2Cl)ccnc1-c1ccccc1. The van der Waals surface area contributed by atoms with Crippen LogP contribution in [0.1, 0.15) is 27.0 Å². The minimum atomic E-state index is 0.483. The van der Waals surface area contributed by atoms with Gasteiger partial charge in [-0.05, 0) is 23.3 Å². The summed E-state index contributed by atoms with van der Waals surface area (Å²) in [5.41, 5.74) is 4.09. The van der Waals surface area contributed by atoms with Gasteiger partial charge in [-0.2, -0.15) is 5.26 Å². The van der Waals surface area contributed by atoms with Crippen LogP contribution in [-0.4, -0.2) is 11.3 Å². The number of halogens is 1. The van der Waals surface area contributed by atoms with Gasteiger partial charge in [0, 0.05) is 22.3 Å². The third-order valence-electron chi connectivity index (χ3n) is 3.75. The van der Waals surface area contributed by atoms with E-state index < -0.39 is 0 Å². The molecule has 2 aromatic carbocycles.